The Morgan fingerprint density at radius 2 is 2.33 bits per heavy atom. The molecule has 110 valence electrons. The Bertz CT molecular complexity index is 664. The number of hydrogen-bond donors (Lipinski definition) is 1. The van der Waals surface area contributed by atoms with Crippen LogP contribution in [0.1, 0.15) is 23.8 Å². The van der Waals surface area contributed by atoms with E-state index in [1.165, 1.54) is 16.2 Å². The first-order chi connectivity index (χ1) is 10.1. The molecule has 1 N–H and O–H groups in total. The van der Waals surface area contributed by atoms with Crippen molar-refractivity contribution in [2.24, 2.45) is 5.92 Å². The van der Waals surface area contributed by atoms with Crippen molar-refractivity contribution in [3.8, 4) is 10.8 Å². The Balaban J connectivity index is 1.84. The van der Waals surface area contributed by atoms with Gasteiger partial charge >= 0.3 is 5.97 Å². The Morgan fingerprint density at radius 1 is 1.52 bits per heavy atom. The smallest absolute Gasteiger partial charge is 0.326 e. The van der Waals surface area contributed by atoms with Crippen LogP contribution in [0.15, 0.2) is 28.2 Å². The molecule has 0 spiro atoms. The summed E-state index contributed by atoms with van der Waals surface area (Å²) < 4.78 is 5.24. The summed E-state index contributed by atoms with van der Waals surface area (Å²) in [5, 5.41) is 11.5. The molecule has 1 saturated heterocycles. The minimum atomic E-state index is -0.963. The second-order valence-electron chi connectivity index (χ2n) is 5.06. The minimum Gasteiger partial charge on any atom is -0.480 e. The summed E-state index contributed by atoms with van der Waals surface area (Å²) in [5.74, 6) is -0.742. The van der Waals surface area contributed by atoms with Crippen molar-refractivity contribution in [1.29, 1.82) is 0 Å². The van der Waals surface area contributed by atoms with Gasteiger partial charge in [-0.05, 0) is 24.5 Å². The van der Waals surface area contributed by atoms with Gasteiger partial charge in [0.25, 0.3) is 5.91 Å². The zero-order valence-corrected chi connectivity index (χ0v) is 12.2. The lowest BCUT2D eigenvalue weighted by Crippen LogP contribution is -2.42. The van der Waals surface area contributed by atoms with Crippen LogP contribution in [0.3, 0.4) is 0 Å². The Kier molecular flexibility index (Phi) is 3.50. The van der Waals surface area contributed by atoms with Gasteiger partial charge in [0.1, 0.15) is 11.7 Å². The van der Waals surface area contributed by atoms with E-state index in [-0.39, 0.29) is 17.5 Å². The first-order valence-corrected chi connectivity index (χ1v) is 7.49. The van der Waals surface area contributed by atoms with E-state index >= 15 is 0 Å². The predicted octanol–water partition coefficient (Wildman–Crippen LogP) is 2.34. The first kappa shape index (κ1) is 13.8. The van der Waals surface area contributed by atoms with Gasteiger partial charge in [0.15, 0.2) is 10.8 Å². The molecule has 0 aromatic carbocycles. The van der Waals surface area contributed by atoms with Gasteiger partial charge in [-0.25, -0.2) is 9.78 Å². The molecule has 0 aliphatic carbocycles. The zero-order valence-electron chi connectivity index (χ0n) is 11.4. The van der Waals surface area contributed by atoms with E-state index in [9.17, 15) is 14.7 Å². The summed E-state index contributed by atoms with van der Waals surface area (Å²) >= 11 is 1.31. The van der Waals surface area contributed by atoms with Gasteiger partial charge in [-0.15, -0.1) is 11.3 Å². The fourth-order valence-electron chi connectivity index (χ4n) is 2.58. The van der Waals surface area contributed by atoms with Gasteiger partial charge in [0.05, 0.1) is 6.26 Å². The SMILES string of the molecule is CC1CCN(C(=O)c2csc(-c3ccco3)n2)C1C(=O)O. The quantitative estimate of drug-likeness (QED) is 0.941. The van der Waals surface area contributed by atoms with Crippen molar-refractivity contribution in [2.75, 3.05) is 6.54 Å². The van der Waals surface area contributed by atoms with Gasteiger partial charge in [0, 0.05) is 11.9 Å². The van der Waals surface area contributed by atoms with Gasteiger partial charge in [-0.1, -0.05) is 6.92 Å². The molecule has 2 atom stereocenters. The Labute approximate surface area is 125 Å². The third kappa shape index (κ3) is 2.44. The second-order valence-corrected chi connectivity index (χ2v) is 5.92. The van der Waals surface area contributed by atoms with Crippen LogP contribution >= 0.6 is 11.3 Å². The molecule has 1 amide bonds. The molecule has 0 bridgehead atoms. The highest BCUT2D eigenvalue weighted by molar-refractivity contribution is 7.13. The second kappa shape index (κ2) is 5.33. The maximum Gasteiger partial charge on any atom is 0.326 e. The lowest BCUT2D eigenvalue weighted by atomic mass is 10.0. The molecule has 3 heterocycles. The molecular formula is C14H14N2O4S. The van der Waals surface area contributed by atoms with Gasteiger partial charge in [0.2, 0.25) is 0 Å². The highest BCUT2D eigenvalue weighted by Crippen LogP contribution is 2.28. The highest BCUT2D eigenvalue weighted by atomic mass is 32.1. The summed E-state index contributed by atoms with van der Waals surface area (Å²) in [5.41, 5.74) is 0.270. The highest BCUT2D eigenvalue weighted by Gasteiger charge is 2.40. The number of hydrogen-bond acceptors (Lipinski definition) is 5. The molecule has 7 heteroatoms. The van der Waals surface area contributed by atoms with E-state index in [0.29, 0.717) is 23.7 Å². The lowest BCUT2D eigenvalue weighted by Gasteiger charge is -2.22. The van der Waals surface area contributed by atoms with E-state index < -0.39 is 12.0 Å². The maximum absolute atomic E-state index is 12.5. The number of furan rings is 1. The molecule has 1 fully saturated rings. The number of carboxylic acids is 1. The number of nitrogens with zero attached hydrogens (tertiary/aromatic N) is 2. The van der Waals surface area contributed by atoms with Crippen LogP contribution in [-0.4, -0.2) is 39.5 Å². The van der Waals surface area contributed by atoms with Crippen LogP contribution in [0.4, 0.5) is 0 Å². The largest absolute Gasteiger partial charge is 0.480 e. The first-order valence-electron chi connectivity index (χ1n) is 6.61. The topological polar surface area (TPSA) is 83.6 Å². The molecular weight excluding hydrogens is 292 g/mol. The molecule has 21 heavy (non-hydrogen) atoms. The summed E-state index contributed by atoms with van der Waals surface area (Å²) in [6, 6.07) is 2.75. The number of amides is 1. The van der Waals surface area contributed by atoms with Crippen molar-refractivity contribution >= 4 is 23.2 Å². The molecule has 2 aromatic rings. The number of carboxylic acid groups (broad SMARTS) is 1. The van der Waals surface area contributed by atoms with Crippen molar-refractivity contribution in [1.82, 2.24) is 9.88 Å². The molecule has 1 aliphatic rings. The van der Waals surface area contributed by atoms with Crippen molar-refractivity contribution < 1.29 is 19.1 Å². The fraction of sp³-hybridized carbons (Fsp3) is 0.357. The molecule has 2 unspecified atom stereocenters. The number of rotatable bonds is 3. The number of aliphatic carboxylic acids is 1. The van der Waals surface area contributed by atoms with Crippen LogP contribution in [0, 0.1) is 5.92 Å². The van der Waals surface area contributed by atoms with E-state index in [2.05, 4.69) is 4.98 Å². The lowest BCUT2D eigenvalue weighted by molar-refractivity contribution is -0.142. The van der Waals surface area contributed by atoms with E-state index in [0.717, 1.165) is 0 Å². The standard InChI is InChI=1S/C14H14N2O4S/c1-8-4-5-16(11(8)14(18)19)13(17)9-7-21-12(15-9)10-3-2-6-20-10/h2-3,6-8,11H,4-5H2,1H3,(H,18,19). The third-order valence-electron chi connectivity index (χ3n) is 3.67. The summed E-state index contributed by atoms with van der Waals surface area (Å²) in [6.45, 7) is 2.30. The van der Waals surface area contributed by atoms with Gasteiger partial charge < -0.3 is 14.4 Å². The number of likely N-dealkylation sites (tertiary alicyclic amines) is 1. The third-order valence-corrected chi connectivity index (χ3v) is 4.53. The van der Waals surface area contributed by atoms with Crippen molar-refractivity contribution in [2.45, 2.75) is 19.4 Å². The average Bonchev–Trinajstić information content (AvgIpc) is 3.17. The van der Waals surface area contributed by atoms with E-state index in [1.54, 1.807) is 23.8 Å². The molecule has 3 rings (SSSR count). The number of carbonyl (C=O) groups is 2. The monoisotopic (exact) mass is 306 g/mol. The number of thiazole rings is 1. The van der Waals surface area contributed by atoms with Crippen LogP contribution in [0.5, 0.6) is 0 Å². The van der Waals surface area contributed by atoms with Gasteiger partial charge in [-0.3, -0.25) is 4.79 Å². The normalized spacial score (nSPS) is 21.7. The van der Waals surface area contributed by atoms with Crippen LogP contribution in [-0.2, 0) is 4.79 Å². The zero-order chi connectivity index (χ0) is 15.0. The molecule has 6 nitrogen and oxygen atoms in total. The average molecular weight is 306 g/mol. The van der Waals surface area contributed by atoms with Gasteiger partial charge in [-0.2, -0.15) is 0 Å². The summed E-state index contributed by atoms with van der Waals surface area (Å²) in [7, 11) is 0. The number of carbonyl (C=O) groups excluding carboxylic acids is 1. The summed E-state index contributed by atoms with van der Waals surface area (Å²) in [6.07, 6.45) is 2.23. The van der Waals surface area contributed by atoms with Crippen LogP contribution in [0.2, 0.25) is 0 Å². The molecule has 0 radical (unpaired) electrons. The molecule has 1 aliphatic heterocycles. The maximum atomic E-state index is 12.5. The number of aromatic nitrogens is 1. The fourth-order valence-corrected chi connectivity index (χ4v) is 3.34. The van der Waals surface area contributed by atoms with Crippen LogP contribution < -0.4 is 0 Å². The van der Waals surface area contributed by atoms with Crippen molar-refractivity contribution in [3.05, 3.63) is 29.5 Å². The Morgan fingerprint density at radius 3 is 3.00 bits per heavy atom. The minimum absolute atomic E-state index is 0.0466. The van der Waals surface area contributed by atoms with E-state index in [1.807, 2.05) is 6.92 Å². The predicted molar refractivity (Wildman–Crippen MR) is 76.1 cm³/mol. The summed E-state index contributed by atoms with van der Waals surface area (Å²) in [4.78, 5) is 29.4. The van der Waals surface area contributed by atoms with Crippen molar-refractivity contribution in [3.63, 3.8) is 0 Å². The van der Waals surface area contributed by atoms with Crippen LogP contribution in [0.25, 0.3) is 10.8 Å². The molecule has 2 aromatic heterocycles. The molecule has 0 saturated carbocycles. The Hall–Kier alpha value is -2.15. The van der Waals surface area contributed by atoms with E-state index in [4.69, 9.17) is 4.42 Å².